The second-order valence-corrected chi connectivity index (χ2v) is 7.27. The molecule has 3 aliphatic heterocycles. The van der Waals surface area contributed by atoms with Crippen LogP contribution in [0.4, 0.5) is 19.7 Å². The molecule has 2 saturated heterocycles. The lowest BCUT2D eigenvalue weighted by Gasteiger charge is -2.17. The molecule has 8 nitrogen and oxygen atoms in total. The van der Waals surface area contributed by atoms with Crippen molar-refractivity contribution in [1.29, 1.82) is 0 Å². The van der Waals surface area contributed by atoms with E-state index >= 15 is 0 Å². The number of ether oxygens (including phenoxy) is 1. The number of anilines is 1. The maximum atomic E-state index is 14.8. The Morgan fingerprint density at radius 2 is 2.11 bits per heavy atom. The molecule has 0 bridgehead atoms. The van der Waals surface area contributed by atoms with Crippen molar-refractivity contribution in [2.24, 2.45) is 0 Å². The number of fused-ring (bicyclic) bond motifs is 1. The van der Waals surface area contributed by atoms with Crippen molar-refractivity contribution in [3.8, 4) is 0 Å². The molecule has 0 radical (unpaired) electrons. The number of rotatable bonds is 4. The lowest BCUT2D eigenvalue weighted by Crippen LogP contribution is -2.33. The Morgan fingerprint density at radius 1 is 1.32 bits per heavy atom. The highest BCUT2D eigenvalue weighted by Crippen LogP contribution is 2.33. The van der Waals surface area contributed by atoms with E-state index in [9.17, 15) is 18.8 Å². The Morgan fingerprint density at radius 3 is 2.79 bits per heavy atom. The predicted octanol–water partition coefficient (Wildman–Crippen LogP) is 1.42. The normalized spacial score (nSPS) is 23.8. The first-order chi connectivity index (χ1) is 13.3. The number of carbonyl (C=O) groups excluding carboxylic acids is 3. The molecule has 0 saturated carbocycles. The molecular weight excluding hydrogens is 367 g/mol. The molecule has 1 unspecified atom stereocenters. The van der Waals surface area contributed by atoms with Gasteiger partial charge in [-0.1, -0.05) is 6.08 Å². The first-order valence-corrected chi connectivity index (χ1v) is 9.08. The summed E-state index contributed by atoms with van der Waals surface area (Å²) < 4.78 is 20.0. The molecule has 2 atom stereocenters. The Kier molecular flexibility index (Phi) is 4.44. The van der Waals surface area contributed by atoms with E-state index in [0.717, 1.165) is 5.57 Å². The van der Waals surface area contributed by atoms with E-state index < -0.39 is 18.0 Å². The molecule has 0 aliphatic carbocycles. The fraction of sp³-hybridized carbons (Fsp3) is 0.421. The van der Waals surface area contributed by atoms with Crippen LogP contribution in [-0.2, 0) is 9.53 Å². The number of amides is 4. The molecule has 148 valence electrons. The Balaban J connectivity index is 1.48. The fourth-order valence-electron chi connectivity index (χ4n) is 3.82. The van der Waals surface area contributed by atoms with Gasteiger partial charge < -0.3 is 19.9 Å². The van der Waals surface area contributed by atoms with Gasteiger partial charge in [0.2, 0.25) is 5.91 Å². The summed E-state index contributed by atoms with van der Waals surface area (Å²) in [7, 11) is 1.75. The van der Waals surface area contributed by atoms with Crippen LogP contribution in [0.2, 0.25) is 0 Å². The SMILES string of the molecule is CC(=O)NC[C@H]1CN(c2ccc(C3=CC4CN(C)C(=O)N4C3)c(F)c2)C(=O)O1. The molecule has 4 amide bonds. The van der Waals surface area contributed by atoms with Crippen LogP contribution in [0.15, 0.2) is 24.3 Å². The molecule has 1 aromatic rings. The van der Waals surface area contributed by atoms with Gasteiger partial charge in [-0.25, -0.2) is 14.0 Å². The van der Waals surface area contributed by atoms with Crippen molar-refractivity contribution in [1.82, 2.24) is 15.1 Å². The van der Waals surface area contributed by atoms with Crippen molar-refractivity contribution in [3.05, 3.63) is 35.7 Å². The molecule has 28 heavy (non-hydrogen) atoms. The lowest BCUT2D eigenvalue weighted by molar-refractivity contribution is -0.119. The van der Waals surface area contributed by atoms with Crippen LogP contribution in [-0.4, -0.2) is 73.2 Å². The van der Waals surface area contributed by atoms with E-state index in [1.54, 1.807) is 29.0 Å². The zero-order chi connectivity index (χ0) is 20.0. The standard InChI is InChI=1S/C19H21FN4O4/c1-11(25)21-7-15-10-24(19(27)28-15)13-3-4-16(17(20)6-13)12-5-14-9-22(2)18(26)23(14)8-12/h3-6,14-15H,7-10H2,1-2H3,(H,21,25)/t14?,15-/m0/s1. The summed E-state index contributed by atoms with van der Waals surface area (Å²) in [6.07, 6.45) is 0.872. The fourth-order valence-corrected chi connectivity index (χ4v) is 3.82. The molecule has 3 heterocycles. The summed E-state index contributed by atoms with van der Waals surface area (Å²) in [5, 5.41) is 2.60. The summed E-state index contributed by atoms with van der Waals surface area (Å²) in [4.78, 5) is 39.9. The van der Waals surface area contributed by atoms with Crippen LogP contribution >= 0.6 is 0 Å². The second-order valence-electron chi connectivity index (χ2n) is 7.27. The monoisotopic (exact) mass is 388 g/mol. The molecule has 4 rings (SSSR count). The van der Waals surface area contributed by atoms with E-state index in [1.165, 1.54) is 17.9 Å². The second kappa shape index (κ2) is 6.81. The Bertz CT molecular complexity index is 887. The zero-order valence-electron chi connectivity index (χ0n) is 15.6. The Labute approximate surface area is 161 Å². The zero-order valence-corrected chi connectivity index (χ0v) is 15.6. The van der Waals surface area contributed by atoms with Crippen LogP contribution in [0.1, 0.15) is 12.5 Å². The quantitative estimate of drug-likeness (QED) is 0.846. The number of urea groups is 1. The first-order valence-electron chi connectivity index (χ1n) is 9.08. The third-order valence-electron chi connectivity index (χ3n) is 5.23. The van der Waals surface area contributed by atoms with Crippen molar-refractivity contribution < 1.29 is 23.5 Å². The van der Waals surface area contributed by atoms with Crippen molar-refractivity contribution in [2.75, 3.05) is 38.1 Å². The van der Waals surface area contributed by atoms with Gasteiger partial charge in [0.1, 0.15) is 11.9 Å². The van der Waals surface area contributed by atoms with Gasteiger partial charge >= 0.3 is 12.1 Å². The number of nitrogens with one attached hydrogen (secondary N) is 1. The first kappa shape index (κ1) is 18.3. The average molecular weight is 388 g/mol. The number of cyclic esters (lactones) is 1. The topological polar surface area (TPSA) is 82.2 Å². The van der Waals surface area contributed by atoms with Crippen molar-refractivity contribution >= 4 is 29.3 Å². The summed E-state index contributed by atoms with van der Waals surface area (Å²) in [5.74, 6) is -0.663. The predicted molar refractivity (Wildman–Crippen MR) is 99.2 cm³/mol. The van der Waals surface area contributed by atoms with Crippen LogP contribution in [0.3, 0.4) is 0 Å². The minimum absolute atomic E-state index is 0.0327. The Hall–Kier alpha value is -3.10. The third-order valence-corrected chi connectivity index (χ3v) is 5.23. The maximum Gasteiger partial charge on any atom is 0.414 e. The molecule has 1 N–H and O–H groups in total. The summed E-state index contributed by atoms with van der Waals surface area (Å²) in [6, 6.07) is 4.50. The highest BCUT2D eigenvalue weighted by Gasteiger charge is 2.39. The van der Waals surface area contributed by atoms with Crippen LogP contribution < -0.4 is 10.2 Å². The maximum absolute atomic E-state index is 14.8. The van der Waals surface area contributed by atoms with Gasteiger partial charge in [0.05, 0.1) is 24.8 Å². The number of hydrogen-bond acceptors (Lipinski definition) is 4. The molecule has 1 aromatic carbocycles. The lowest BCUT2D eigenvalue weighted by atomic mass is 10.0. The number of carbonyl (C=O) groups is 3. The number of hydrogen-bond donors (Lipinski definition) is 1. The molecule has 9 heteroatoms. The van der Waals surface area contributed by atoms with Gasteiger partial charge in [0.25, 0.3) is 0 Å². The molecule has 0 aromatic heterocycles. The van der Waals surface area contributed by atoms with Crippen molar-refractivity contribution in [3.63, 3.8) is 0 Å². The number of likely N-dealkylation sites (N-methyl/N-ethyl adjacent to an activating group) is 1. The van der Waals surface area contributed by atoms with Crippen LogP contribution in [0, 0.1) is 5.82 Å². The number of nitrogens with zero attached hydrogens (tertiary/aromatic N) is 3. The average Bonchev–Trinajstić information content (AvgIpc) is 3.29. The highest BCUT2D eigenvalue weighted by atomic mass is 19.1. The van der Waals surface area contributed by atoms with E-state index in [1.807, 2.05) is 6.08 Å². The van der Waals surface area contributed by atoms with Crippen molar-refractivity contribution in [2.45, 2.75) is 19.1 Å². The minimum Gasteiger partial charge on any atom is -0.442 e. The van der Waals surface area contributed by atoms with E-state index in [0.29, 0.717) is 24.3 Å². The third kappa shape index (κ3) is 3.17. The number of halogens is 1. The summed E-state index contributed by atoms with van der Waals surface area (Å²) in [5.41, 5.74) is 1.59. The molecule has 2 fully saturated rings. The van der Waals surface area contributed by atoms with Gasteiger partial charge in [-0.2, -0.15) is 0 Å². The molecule has 3 aliphatic rings. The number of benzene rings is 1. The summed E-state index contributed by atoms with van der Waals surface area (Å²) >= 11 is 0. The molecule has 0 spiro atoms. The summed E-state index contributed by atoms with van der Waals surface area (Å²) in [6.45, 7) is 2.80. The van der Waals surface area contributed by atoms with Gasteiger partial charge in [-0.15, -0.1) is 0 Å². The minimum atomic E-state index is -0.572. The van der Waals surface area contributed by atoms with E-state index in [4.69, 9.17) is 4.74 Å². The van der Waals surface area contributed by atoms with Gasteiger partial charge in [0, 0.05) is 32.6 Å². The largest absolute Gasteiger partial charge is 0.442 e. The van der Waals surface area contributed by atoms with Crippen LogP contribution in [0.5, 0.6) is 0 Å². The van der Waals surface area contributed by atoms with Gasteiger partial charge in [-0.05, 0) is 23.8 Å². The smallest absolute Gasteiger partial charge is 0.414 e. The highest BCUT2D eigenvalue weighted by molar-refractivity contribution is 5.90. The molecular formula is C19H21FN4O4. The van der Waals surface area contributed by atoms with E-state index in [2.05, 4.69) is 5.32 Å². The van der Waals surface area contributed by atoms with Crippen LogP contribution in [0.25, 0.3) is 5.57 Å². The van der Waals surface area contributed by atoms with Gasteiger partial charge in [-0.3, -0.25) is 9.69 Å². The van der Waals surface area contributed by atoms with E-state index in [-0.39, 0.29) is 31.1 Å². The van der Waals surface area contributed by atoms with Gasteiger partial charge in [0.15, 0.2) is 0 Å².